The van der Waals surface area contributed by atoms with Crippen molar-refractivity contribution in [2.24, 2.45) is 0 Å². The van der Waals surface area contributed by atoms with E-state index in [9.17, 15) is 4.39 Å². The highest BCUT2D eigenvalue weighted by molar-refractivity contribution is 5.58. The van der Waals surface area contributed by atoms with E-state index in [1.54, 1.807) is 6.07 Å². The standard InChI is InChI=1S/C10H10FNO/c1-13-10-5-7-2-3-12-6-8(7)4-9(10)11/h2-5,12H,6H2,1H3. The Hall–Kier alpha value is -1.51. The molecule has 1 N–H and O–H groups in total. The van der Waals surface area contributed by atoms with Gasteiger partial charge in [-0.05, 0) is 35.5 Å². The molecule has 0 atom stereocenters. The van der Waals surface area contributed by atoms with Crippen molar-refractivity contribution in [3.05, 3.63) is 35.3 Å². The van der Waals surface area contributed by atoms with Crippen LogP contribution in [0.1, 0.15) is 11.1 Å². The quantitative estimate of drug-likeness (QED) is 0.711. The highest BCUT2D eigenvalue weighted by Crippen LogP contribution is 2.24. The summed E-state index contributed by atoms with van der Waals surface area (Å²) in [4.78, 5) is 0. The fraction of sp³-hybridized carbons (Fsp3) is 0.200. The number of nitrogens with one attached hydrogen (secondary N) is 1. The van der Waals surface area contributed by atoms with Crippen LogP contribution in [-0.4, -0.2) is 7.11 Å². The van der Waals surface area contributed by atoms with Crippen molar-refractivity contribution in [1.82, 2.24) is 5.32 Å². The van der Waals surface area contributed by atoms with Crippen LogP contribution < -0.4 is 10.1 Å². The van der Waals surface area contributed by atoms with Gasteiger partial charge in [-0.25, -0.2) is 4.39 Å². The third-order valence-corrected chi connectivity index (χ3v) is 2.09. The molecule has 3 heteroatoms. The van der Waals surface area contributed by atoms with Gasteiger partial charge in [-0.15, -0.1) is 0 Å². The van der Waals surface area contributed by atoms with Crippen LogP contribution in [0.5, 0.6) is 5.75 Å². The molecule has 0 spiro atoms. The van der Waals surface area contributed by atoms with E-state index in [0.29, 0.717) is 12.3 Å². The van der Waals surface area contributed by atoms with E-state index < -0.39 is 0 Å². The summed E-state index contributed by atoms with van der Waals surface area (Å²) in [5.74, 6) is -0.0105. The second-order valence-electron chi connectivity index (χ2n) is 2.90. The molecule has 68 valence electrons. The third-order valence-electron chi connectivity index (χ3n) is 2.09. The molecule has 0 bridgehead atoms. The zero-order valence-electron chi connectivity index (χ0n) is 7.30. The monoisotopic (exact) mass is 179 g/mol. The average molecular weight is 179 g/mol. The zero-order chi connectivity index (χ0) is 9.26. The van der Waals surface area contributed by atoms with E-state index in [4.69, 9.17) is 4.74 Å². The number of methoxy groups -OCH3 is 1. The molecule has 1 aliphatic rings. The van der Waals surface area contributed by atoms with Crippen LogP contribution in [-0.2, 0) is 6.54 Å². The number of hydrogen-bond donors (Lipinski definition) is 1. The minimum atomic E-state index is -0.307. The summed E-state index contributed by atoms with van der Waals surface area (Å²) in [6.45, 7) is 0.673. The predicted octanol–water partition coefficient (Wildman–Crippen LogP) is 1.91. The fourth-order valence-electron chi connectivity index (χ4n) is 1.39. The van der Waals surface area contributed by atoms with Crippen molar-refractivity contribution in [2.45, 2.75) is 6.54 Å². The van der Waals surface area contributed by atoms with Crippen molar-refractivity contribution >= 4 is 6.08 Å². The lowest BCUT2D eigenvalue weighted by Gasteiger charge is -2.13. The third kappa shape index (κ3) is 1.37. The Morgan fingerprint density at radius 1 is 1.46 bits per heavy atom. The van der Waals surface area contributed by atoms with Gasteiger partial charge in [-0.1, -0.05) is 0 Å². The van der Waals surface area contributed by atoms with Crippen LogP contribution in [0.2, 0.25) is 0 Å². The van der Waals surface area contributed by atoms with Gasteiger partial charge in [-0.2, -0.15) is 0 Å². The molecule has 0 amide bonds. The van der Waals surface area contributed by atoms with Gasteiger partial charge in [0.2, 0.25) is 0 Å². The second kappa shape index (κ2) is 3.09. The van der Waals surface area contributed by atoms with E-state index in [-0.39, 0.29) is 5.82 Å². The van der Waals surface area contributed by atoms with E-state index in [1.807, 2.05) is 12.3 Å². The Balaban J connectivity index is 2.52. The zero-order valence-corrected chi connectivity index (χ0v) is 7.30. The first kappa shape index (κ1) is 8.10. The molecule has 0 saturated carbocycles. The molecule has 0 fully saturated rings. The summed E-state index contributed by atoms with van der Waals surface area (Å²) in [5, 5.41) is 3.02. The van der Waals surface area contributed by atoms with Gasteiger partial charge in [0.1, 0.15) is 0 Å². The summed E-state index contributed by atoms with van der Waals surface area (Å²) in [7, 11) is 1.47. The van der Waals surface area contributed by atoms with Crippen LogP contribution >= 0.6 is 0 Å². The van der Waals surface area contributed by atoms with Gasteiger partial charge < -0.3 is 10.1 Å². The first-order valence-electron chi connectivity index (χ1n) is 4.07. The highest BCUT2D eigenvalue weighted by atomic mass is 19.1. The lowest BCUT2D eigenvalue weighted by atomic mass is 10.0. The Morgan fingerprint density at radius 3 is 3.08 bits per heavy atom. The molecular weight excluding hydrogens is 169 g/mol. The largest absolute Gasteiger partial charge is 0.494 e. The molecule has 1 aliphatic heterocycles. The summed E-state index contributed by atoms with van der Waals surface area (Å²) in [6, 6.07) is 3.21. The number of halogens is 1. The number of ether oxygens (including phenoxy) is 1. The fourth-order valence-corrected chi connectivity index (χ4v) is 1.39. The smallest absolute Gasteiger partial charge is 0.165 e. The molecule has 0 aromatic heterocycles. The van der Waals surface area contributed by atoms with Gasteiger partial charge >= 0.3 is 0 Å². The molecule has 1 aromatic rings. The molecule has 0 saturated heterocycles. The molecule has 0 aliphatic carbocycles. The van der Waals surface area contributed by atoms with Gasteiger partial charge in [0.15, 0.2) is 11.6 Å². The van der Waals surface area contributed by atoms with Gasteiger partial charge in [-0.3, -0.25) is 0 Å². The molecule has 0 radical (unpaired) electrons. The molecule has 2 nitrogen and oxygen atoms in total. The van der Waals surface area contributed by atoms with Crippen LogP contribution in [0.4, 0.5) is 4.39 Å². The van der Waals surface area contributed by atoms with Crippen molar-refractivity contribution in [2.75, 3.05) is 7.11 Å². The normalized spacial score (nSPS) is 13.4. The maximum atomic E-state index is 13.2. The summed E-state index contributed by atoms with van der Waals surface area (Å²) < 4.78 is 18.1. The summed E-state index contributed by atoms with van der Waals surface area (Å²) in [6.07, 6.45) is 3.75. The van der Waals surface area contributed by atoms with Crippen LogP contribution in [0.15, 0.2) is 18.3 Å². The Kier molecular flexibility index (Phi) is 1.93. The van der Waals surface area contributed by atoms with Gasteiger partial charge in [0.25, 0.3) is 0 Å². The molecule has 0 unspecified atom stereocenters. The van der Waals surface area contributed by atoms with E-state index in [0.717, 1.165) is 11.1 Å². The Morgan fingerprint density at radius 2 is 2.31 bits per heavy atom. The second-order valence-corrected chi connectivity index (χ2v) is 2.90. The van der Waals surface area contributed by atoms with E-state index >= 15 is 0 Å². The average Bonchev–Trinajstić information content (AvgIpc) is 2.17. The highest BCUT2D eigenvalue weighted by Gasteiger charge is 2.09. The Labute approximate surface area is 76.0 Å². The SMILES string of the molecule is COc1cc2c(cc1F)CNC=C2. The maximum absolute atomic E-state index is 13.2. The number of benzene rings is 1. The van der Waals surface area contributed by atoms with Gasteiger partial charge in [0, 0.05) is 6.54 Å². The van der Waals surface area contributed by atoms with Crippen molar-refractivity contribution in [3.8, 4) is 5.75 Å². The van der Waals surface area contributed by atoms with E-state index in [1.165, 1.54) is 13.2 Å². The van der Waals surface area contributed by atoms with Crippen LogP contribution in [0.3, 0.4) is 0 Å². The molecule has 1 heterocycles. The summed E-state index contributed by atoms with van der Waals surface area (Å²) in [5.41, 5.74) is 1.97. The van der Waals surface area contributed by atoms with Crippen LogP contribution in [0, 0.1) is 5.82 Å². The number of hydrogen-bond acceptors (Lipinski definition) is 2. The molecule has 2 rings (SSSR count). The van der Waals surface area contributed by atoms with Gasteiger partial charge in [0.05, 0.1) is 7.11 Å². The number of rotatable bonds is 1. The van der Waals surface area contributed by atoms with Crippen LogP contribution in [0.25, 0.3) is 6.08 Å². The minimum Gasteiger partial charge on any atom is -0.494 e. The number of fused-ring (bicyclic) bond motifs is 1. The molecular formula is C10H10FNO. The Bertz CT molecular complexity index is 360. The molecule has 13 heavy (non-hydrogen) atoms. The molecule has 1 aromatic carbocycles. The lowest BCUT2D eigenvalue weighted by molar-refractivity contribution is 0.386. The minimum absolute atomic E-state index is 0.297. The lowest BCUT2D eigenvalue weighted by Crippen LogP contribution is -2.10. The van der Waals surface area contributed by atoms with E-state index in [2.05, 4.69) is 5.32 Å². The predicted molar refractivity (Wildman–Crippen MR) is 48.8 cm³/mol. The summed E-state index contributed by atoms with van der Waals surface area (Å²) >= 11 is 0. The maximum Gasteiger partial charge on any atom is 0.165 e. The van der Waals surface area contributed by atoms with Crippen molar-refractivity contribution in [3.63, 3.8) is 0 Å². The first-order chi connectivity index (χ1) is 6.31. The first-order valence-corrected chi connectivity index (χ1v) is 4.07. The van der Waals surface area contributed by atoms with Crippen molar-refractivity contribution < 1.29 is 9.13 Å². The topological polar surface area (TPSA) is 21.3 Å². The van der Waals surface area contributed by atoms with Crippen molar-refractivity contribution in [1.29, 1.82) is 0 Å².